The van der Waals surface area contributed by atoms with Gasteiger partial charge in [-0.15, -0.1) is 24.0 Å². The minimum Gasteiger partial charge on any atom is -0.353 e. The van der Waals surface area contributed by atoms with Gasteiger partial charge < -0.3 is 20.4 Å². The van der Waals surface area contributed by atoms with Gasteiger partial charge in [0.05, 0.1) is 5.02 Å². The van der Waals surface area contributed by atoms with Crippen LogP contribution in [0.2, 0.25) is 5.02 Å². The largest absolute Gasteiger partial charge is 0.353 e. The minimum absolute atomic E-state index is 0. The molecule has 1 aliphatic heterocycles. The fraction of sp³-hybridized carbons (Fsp3) is 0.455. The van der Waals surface area contributed by atoms with Gasteiger partial charge in [0.2, 0.25) is 0 Å². The molecular formula is C22H32ClIN6. The number of hydrogen-bond donors (Lipinski definition) is 2. The number of nitrogens with one attached hydrogen (secondary N) is 2. The van der Waals surface area contributed by atoms with Gasteiger partial charge in [-0.1, -0.05) is 42.8 Å². The highest BCUT2D eigenvalue weighted by atomic mass is 127. The molecule has 0 saturated carbocycles. The third kappa shape index (κ3) is 6.99. The van der Waals surface area contributed by atoms with Crippen LogP contribution in [0.15, 0.2) is 47.6 Å². The molecule has 164 valence electrons. The molecular weight excluding hydrogens is 511 g/mol. The number of hydrogen-bond acceptors (Lipinski definition) is 4. The highest BCUT2D eigenvalue weighted by Gasteiger charge is 2.25. The molecule has 1 aromatic heterocycles. The molecule has 2 heterocycles. The maximum Gasteiger partial charge on any atom is 0.191 e. The number of aliphatic imine (C=N–C) groups is 1. The first-order chi connectivity index (χ1) is 14.1. The Labute approximate surface area is 202 Å². The Bertz CT molecular complexity index is 831. The Hall–Kier alpha value is -1.58. The number of anilines is 1. The zero-order valence-electron chi connectivity index (χ0n) is 17.9. The van der Waals surface area contributed by atoms with Crippen molar-refractivity contribution in [3.05, 3.63) is 58.7 Å². The van der Waals surface area contributed by atoms with Gasteiger partial charge in [0.15, 0.2) is 5.96 Å². The Morgan fingerprint density at radius 3 is 2.83 bits per heavy atom. The first kappa shape index (κ1) is 24.7. The second kappa shape index (κ2) is 12.3. The Kier molecular flexibility index (Phi) is 10.1. The number of halogens is 2. The molecule has 0 amide bonds. The van der Waals surface area contributed by atoms with E-state index >= 15 is 0 Å². The average molecular weight is 543 g/mol. The molecule has 0 spiro atoms. The summed E-state index contributed by atoms with van der Waals surface area (Å²) >= 11 is 6.29. The van der Waals surface area contributed by atoms with Gasteiger partial charge >= 0.3 is 0 Å². The molecule has 2 N–H and O–H groups in total. The van der Waals surface area contributed by atoms with Gasteiger partial charge in [0.1, 0.15) is 5.82 Å². The zero-order valence-corrected chi connectivity index (χ0v) is 21.0. The molecule has 6 nitrogen and oxygen atoms in total. The minimum atomic E-state index is 0. The van der Waals surface area contributed by atoms with Crippen LogP contribution < -0.4 is 15.5 Å². The van der Waals surface area contributed by atoms with Gasteiger partial charge in [-0.25, -0.2) is 4.98 Å². The lowest BCUT2D eigenvalue weighted by Gasteiger charge is -2.20. The van der Waals surface area contributed by atoms with Crippen LogP contribution in [0.5, 0.6) is 0 Å². The lowest BCUT2D eigenvalue weighted by atomic mass is 10.1. The van der Waals surface area contributed by atoms with E-state index in [1.165, 1.54) is 11.1 Å². The van der Waals surface area contributed by atoms with Gasteiger partial charge in [0, 0.05) is 45.5 Å². The standard InChI is InChI=1S/C22H31ClN6.HI/c1-4-28(3)15-18-8-5-7-17(13-18)14-26-22(24-2)27-19-10-12-29(16-19)21-20(23)9-6-11-25-21;/h5-9,11,13,19H,4,10,12,14-16H2,1-3H3,(H2,24,26,27);1H. The van der Waals surface area contributed by atoms with Crippen molar-refractivity contribution in [1.29, 1.82) is 0 Å². The van der Waals surface area contributed by atoms with E-state index in [-0.39, 0.29) is 24.0 Å². The number of aromatic nitrogens is 1. The third-order valence-corrected chi connectivity index (χ3v) is 5.53. The lowest BCUT2D eigenvalue weighted by molar-refractivity contribution is 0.345. The number of rotatable bonds is 7. The van der Waals surface area contributed by atoms with Crippen LogP contribution in [0.25, 0.3) is 0 Å². The van der Waals surface area contributed by atoms with E-state index in [4.69, 9.17) is 11.6 Å². The maximum absolute atomic E-state index is 6.29. The molecule has 1 atom stereocenters. The van der Waals surface area contributed by atoms with Crippen LogP contribution in [0.4, 0.5) is 5.82 Å². The van der Waals surface area contributed by atoms with Crippen LogP contribution in [-0.2, 0) is 13.1 Å². The normalized spacial score (nSPS) is 16.5. The molecule has 8 heteroatoms. The predicted molar refractivity (Wildman–Crippen MR) is 137 cm³/mol. The average Bonchev–Trinajstić information content (AvgIpc) is 3.20. The molecule has 3 rings (SSSR count). The highest BCUT2D eigenvalue weighted by Crippen LogP contribution is 2.25. The molecule has 1 unspecified atom stereocenters. The van der Waals surface area contributed by atoms with Crippen molar-refractivity contribution in [3.8, 4) is 0 Å². The lowest BCUT2D eigenvalue weighted by Crippen LogP contribution is -2.44. The topological polar surface area (TPSA) is 55.8 Å². The number of pyridine rings is 1. The molecule has 30 heavy (non-hydrogen) atoms. The van der Waals surface area contributed by atoms with Crippen LogP contribution in [-0.4, -0.2) is 55.6 Å². The highest BCUT2D eigenvalue weighted by molar-refractivity contribution is 14.0. The van der Waals surface area contributed by atoms with Gasteiger partial charge in [-0.3, -0.25) is 4.99 Å². The predicted octanol–water partition coefficient (Wildman–Crippen LogP) is 3.75. The van der Waals surface area contributed by atoms with E-state index in [0.717, 1.165) is 50.9 Å². The summed E-state index contributed by atoms with van der Waals surface area (Å²) in [5, 5.41) is 7.67. The van der Waals surface area contributed by atoms with Crippen molar-refractivity contribution in [1.82, 2.24) is 20.5 Å². The van der Waals surface area contributed by atoms with Gasteiger partial charge in [0.25, 0.3) is 0 Å². The number of benzene rings is 1. The molecule has 0 radical (unpaired) electrons. The van der Waals surface area contributed by atoms with E-state index in [0.29, 0.717) is 11.1 Å². The van der Waals surface area contributed by atoms with E-state index in [1.807, 2.05) is 19.2 Å². The van der Waals surface area contributed by atoms with E-state index < -0.39 is 0 Å². The Morgan fingerprint density at radius 1 is 1.30 bits per heavy atom. The summed E-state index contributed by atoms with van der Waals surface area (Å²) in [7, 11) is 3.95. The van der Waals surface area contributed by atoms with E-state index in [2.05, 4.69) is 68.6 Å². The van der Waals surface area contributed by atoms with Crippen LogP contribution in [0.1, 0.15) is 24.5 Å². The van der Waals surface area contributed by atoms with E-state index in [1.54, 1.807) is 6.20 Å². The Balaban J connectivity index is 0.00000320. The third-order valence-electron chi connectivity index (χ3n) is 5.23. The smallest absolute Gasteiger partial charge is 0.191 e. The van der Waals surface area contributed by atoms with Crippen molar-refractivity contribution < 1.29 is 0 Å². The summed E-state index contributed by atoms with van der Waals surface area (Å²) < 4.78 is 0. The zero-order chi connectivity index (χ0) is 20.6. The van der Waals surface area contributed by atoms with E-state index in [9.17, 15) is 0 Å². The second-order valence-corrected chi connectivity index (χ2v) is 7.87. The molecule has 0 bridgehead atoms. The molecule has 1 aliphatic rings. The number of nitrogens with zero attached hydrogens (tertiary/aromatic N) is 4. The number of guanidine groups is 1. The summed E-state index contributed by atoms with van der Waals surface area (Å²) in [6.45, 7) is 6.71. The van der Waals surface area contributed by atoms with Crippen molar-refractivity contribution >= 4 is 47.4 Å². The SMILES string of the molecule is CCN(C)Cc1cccc(CNC(=NC)NC2CCN(c3ncccc3Cl)C2)c1.I. The Morgan fingerprint density at radius 2 is 2.10 bits per heavy atom. The summed E-state index contributed by atoms with van der Waals surface area (Å²) in [5.41, 5.74) is 2.58. The van der Waals surface area contributed by atoms with Crippen molar-refractivity contribution in [2.45, 2.75) is 32.5 Å². The van der Waals surface area contributed by atoms with Crippen molar-refractivity contribution in [2.75, 3.05) is 38.6 Å². The first-order valence-corrected chi connectivity index (χ1v) is 10.6. The summed E-state index contributed by atoms with van der Waals surface area (Å²) in [4.78, 5) is 13.3. The monoisotopic (exact) mass is 542 g/mol. The van der Waals surface area contributed by atoms with Crippen LogP contribution in [0, 0.1) is 0 Å². The van der Waals surface area contributed by atoms with Gasteiger partial charge in [-0.05, 0) is 43.3 Å². The van der Waals surface area contributed by atoms with Crippen LogP contribution in [0.3, 0.4) is 0 Å². The molecule has 1 aromatic carbocycles. The molecule has 2 aromatic rings. The summed E-state index contributed by atoms with van der Waals surface area (Å²) in [5.74, 6) is 1.68. The summed E-state index contributed by atoms with van der Waals surface area (Å²) in [6.07, 6.45) is 2.81. The van der Waals surface area contributed by atoms with Crippen molar-refractivity contribution in [3.63, 3.8) is 0 Å². The first-order valence-electron chi connectivity index (χ1n) is 10.2. The molecule has 1 saturated heterocycles. The van der Waals surface area contributed by atoms with Crippen molar-refractivity contribution in [2.24, 2.45) is 4.99 Å². The van der Waals surface area contributed by atoms with Gasteiger partial charge in [-0.2, -0.15) is 0 Å². The second-order valence-electron chi connectivity index (χ2n) is 7.46. The fourth-order valence-electron chi connectivity index (χ4n) is 3.52. The summed E-state index contributed by atoms with van der Waals surface area (Å²) in [6, 6.07) is 12.8. The quantitative estimate of drug-likeness (QED) is 0.317. The molecule has 0 aliphatic carbocycles. The molecule has 1 fully saturated rings. The van der Waals surface area contributed by atoms with Crippen LogP contribution >= 0.6 is 35.6 Å². The fourth-order valence-corrected chi connectivity index (χ4v) is 3.76. The maximum atomic E-state index is 6.29.